The smallest absolute Gasteiger partial charge is 0.264 e. The van der Waals surface area contributed by atoms with Crippen molar-refractivity contribution >= 4 is 22.4 Å². The van der Waals surface area contributed by atoms with Crippen molar-refractivity contribution in [2.45, 2.75) is 47.0 Å². The second-order valence-corrected chi connectivity index (χ2v) is 9.58. The van der Waals surface area contributed by atoms with Crippen LogP contribution in [0.25, 0.3) is 11.3 Å². The molecule has 0 radical (unpaired) electrons. The molecule has 1 heterocycles. The lowest BCUT2D eigenvalue weighted by molar-refractivity contribution is -0.118. The lowest BCUT2D eigenvalue weighted by Gasteiger charge is -2.23. The summed E-state index contributed by atoms with van der Waals surface area (Å²) in [5.41, 5.74) is 5.37. The third-order valence-electron chi connectivity index (χ3n) is 4.67. The van der Waals surface area contributed by atoms with Gasteiger partial charge in [-0.1, -0.05) is 68.3 Å². The van der Waals surface area contributed by atoms with E-state index in [0.29, 0.717) is 5.13 Å². The molecular weight excluding hydrogens is 380 g/mol. The van der Waals surface area contributed by atoms with Gasteiger partial charge in [0, 0.05) is 10.4 Å². The van der Waals surface area contributed by atoms with Gasteiger partial charge >= 0.3 is 0 Å². The van der Waals surface area contributed by atoms with Gasteiger partial charge in [0.2, 0.25) is 0 Å². The molecule has 1 N–H and O–H groups in total. The number of carbonyl (C=O) groups excluding carboxylic acids is 1. The molecule has 0 bridgehead atoms. The quantitative estimate of drug-likeness (QED) is 0.559. The third-order valence-corrected chi connectivity index (χ3v) is 5.56. The molecule has 1 aromatic heterocycles. The Morgan fingerprint density at radius 3 is 2.34 bits per heavy atom. The van der Waals surface area contributed by atoms with Crippen LogP contribution in [0.15, 0.2) is 42.5 Å². The molecule has 0 spiro atoms. The number of amides is 1. The molecule has 0 aliphatic carbocycles. The highest BCUT2D eigenvalue weighted by atomic mass is 32.1. The zero-order valence-corrected chi connectivity index (χ0v) is 18.7. The van der Waals surface area contributed by atoms with Crippen LogP contribution in [-0.4, -0.2) is 17.5 Å². The SMILES string of the molecule is Cc1ccc(-c2nc(NC(=O)COc3ccc(C)cc3C(C)(C)C)sc2C)cc1. The lowest BCUT2D eigenvalue weighted by Crippen LogP contribution is -2.22. The lowest BCUT2D eigenvalue weighted by atomic mass is 9.85. The number of ether oxygens (including phenoxy) is 1. The molecule has 0 atom stereocenters. The van der Waals surface area contributed by atoms with Crippen LogP contribution in [0.1, 0.15) is 42.3 Å². The Labute approximate surface area is 177 Å². The van der Waals surface area contributed by atoms with E-state index in [2.05, 4.69) is 75.3 Å². The molecule has 0 saturated carbocycles. The number of rotatable bonds is 5. The number of nitrogens with one attached hydrogen (secondary N) is 1. The third kappa shape index (κ3) is 5.24. The van der Waals surface area contributed by atoms with Gasteiger partial charge in [0.05, 0.1) is 5.69 Å². The molecule has 2 aromatic carbocycles. The van der Waals surface area contributed by atoms with E-state index >= 15 is 0 Å². The maximum absolute atomic E-state index is 12.4. The molecule has 0 aliphatic rings. The number of hydrogen-bond donors (Lipinski definition) is 1. The van der Waals surface area contributed by atoms with Crippen molar-refractivity contribution in [1.82, 2.24) is 4.98 Å². The van der Waals surface area contributed by atoms with Crippen LogP contribution in [0.3, 0.4) is 0 Å². The van der Waals surface area contributed by atoms with Crippen molar-refractivity contribution in [1.29, 1.82) is 0 Å². The van der Waals surface area contributed by atoms with E-state index < -0.39 is 0 Å². The minimum absolute atomic E-state index is 0.0510. The number of nitrogens with zero attached hydrogens (tertiary/aromatic N) is 1. The zero-order valence-electron chi connectivity index (χ0n) is 17.9. The van der Waals surface area contributed by atoms with Gasteiger partial charge in [0.15, 0.2) is 11.7 Å². The second-order valence-electron chi connectivity index (χ2n) is 8.38. The summed E-state index contributed by atoms with van der Waals surface area (Å²) in [6, 6.07) is 14.3. The van der Waals surface area contributed by atoms with Crippen LogP contribution in [0.5, 0.6) is 5.75 Å². The minimum atomic E-state index is -0.213. The predicted molar refractivity (Wildman–Crippen MR) is 121 cm³/mol. The molecule has 1 amide bonds. The number of carbonyl (C=O) groups is 1. The summed E-state index contributed by atoms with van der Waals surface area (Å²) < 4.78 is 5.85. The van der Waals surface area contributed by atoms with E-state index in [1.54, 1.807) is 0 Å². The number of anilines is 1. The molecule has 152 valence electrons. The Balaban J connectivity index is 1.68. The van der Waals surface area contributed by atoms with Gasteiger partial charge in [0.1, 0.15) is 5.75 Å². The summed E-state index contributed by atoms with van der Waals surface area (Å²) >= 11 is 1.47. The molecule has 3 aromatic rings. The number of benzene rings is 2. The Bertz CT molecular complexity index is 1010. The van der Waals surface area contributed by atoms with Crippen molar-refractivity contribution in [3.63, 3.8) is 0 Å². The fourth-order valence-electron chi connectivity index (χ4n) is 3.08. The number of aryl methyl sites for hydroxylation is 3. The van der Waals surface area contributed by atoms with Gasteiger partial charge < -0.3 is 4.74 Å². The van der Waals surface area contributed by atoms with E-state index in [9.17, 15) is 4.79 Å². The fraction of sp³-hybridized carbons (Fsp3) is 0.333. The Morgan fingerprint density at radius 2 is 1.69 bits per heavy atom. The molecular formula is C24H28N2O2S. The standard InChI is InChI=1S/C24H28N2O2S/c1-15-7-10-18(11-8-15)22-17(3)29-23(26-22)25-21(27)14-28-20-12-9-16(2)13-19(20)24(4,5)6/h7-13H,14H2,1-6H3,(H,25,26,27). The van der Waals surface area contributed by atoms with Crippen LogP contribution < -0.4 is 10.1 Å². The molecule has 5 heteroatoms. The molecule has 0 unspecified atom stereocenters. The summed E-state index contributed by atoms with van der Waals surface area (Å²) in [4.78, 5) is 18.1. The second kappa shape index (κ2) is 8.37. The Morgan fingerprint density at radius 1 is 1.03 bits per heavy atom. The number of thiazole rings is 1. The van der Waals surface area contributed by atoms with Crippen molar-refractivity contribution < 1.29 is 9.53 Å². The number of hydrogen-bond acceptors (Lipinski definition) is 4. The van der Waals surface area contributed by atoms with Crippen molar-refractivity contribution in [3.8, 4) is 17.0 Å². The summed E-state index contributed by atoms with van der Waals surface area (Å²) in [5.74, 6) is 0.531. The Kier molecular flexibility index (Phi) is 6.08. The first kappa shape index (κ1) is 21.1. The first-order chi connectivity index (χ1) is 13.6. The topological polar surface area (TPSA) is 51.2 Å². The van der Waals surface area contributed by atoms with E-state index in [4.69, 9.17) is 4.74 Å². The van der Waals surface area contributed by atoms with Gasteiger partial charge in [-0.25, -0.2) is 4.98 Å². The highest BCUT2D eigenvalue weighted by Gasteiger charge is 2.20. The highest BCUT2D eigenvalue weighted by molar-refractivity contribution is 7.16. The summed E-state index contributed by atoms with van der Waals surface area (Å²) in [6.07, 6.45) is 0. The van der Waals surface area contributed by atoms with Gasteiger partial charge in [-0.3, -0.25) is 10.1 Å². The Hall–Kier alpha value is -2.66. The normalized spacial score (nSPS) is 11.4. The first-order valence-electron chi connectivity index (χ1n) is 9.72. The van der Waals surface area contributed by atoms with Gasteiger partial charge in [-0.15, -0.1) is 11.3 Å². The zero-order chi connectivity index (χ0) is 21.2. The van der Waals surface area contributed by atoms with Crippen molar-refractivity contribution in [3.05, 3.63) is 64.0 Å². The van der Waals surface area contributed by atoms with Gasteiger partial charge in [-0.2, -0.15) is 0 Å². The van der Waals surface area contributed by atoms with E-state index in [1.165, 1.54) is 22.5 Å². The van der Waals surface area contributed by atoms with Gasteiger partial charge in [-0.05, 0) is 37.8 Å². The maximum atomic E-state index is 12.4. The predicted octanol–water partition coefficient (Wildman–Crippen LogP) is 6.05. The summed E-state index contributed by atoms with van der Waals surface area (Å²) in [5, 5.41) is 3.46. The van der Waals surface area contributed by atoms with Crippen LogP contribution >= 0.6 is 11.3 Å². The fourth-order valence-corrected chi connectivity index (χ4v) is 3.94. The van der Waals surface area contributed by atoms with Crippen LogP contribution in [0.2, 0.25) is 0 Å². The van der Waals surface area contributed by atoms with E-state index in [-0.39, 0.29) is 17.9 Å². The monoisotopic (exact) mass is 408 g/mol. The largest absolute Gasteiger partial charge is 0.483 e. The first-order valence-corrected chi connectivity index (χ1v) is 10.5. The summed E-state index contributed by atoms with van der Waals surface area (Å²) in [6.45, 7) is 12.5. The molecule has 4 nitrogen and oxygen atoms in total. The molecule has 0 saturated heterocycles. The van der Waals surface area contributed by atoms with Gasteiger partial charge in [0.25, 0.3) is 5.91 Å². The van der Waals surface area contributed by atoms with Crippen LogP contribution in [-0.2, 0) is 10.2 Å². The average Bonchev–Trinajstić information content (AvgIpc) is 3.00. The number of aromatic nitrogens is 1. The van der Waals surface area contributed by atoms with Crippen LogP contribution in [0, 0.1) is 20.8 Å². The van der Waals surface area contributed by atoms with Crippen molar-refractivity contribution in [2.75, 3.05) is 11.9 Å². The highest BCUT2D eigenvalue weighted by Crippen LogP contribution is 2.33. The van der Waals surface area contributed by atoms with E-state index in [0.717, 1.165) is 27.4 Å². The van der Waals surface area contributed by atoms with Crippen LogP contribution in [0.4, 0.5) is 5.13 Å². The average molecular weight is 409 g/mol. The minimum Gasteiger partial charge on any atom is -0.483 e. The molecule has 29 heavy (non-hydrogen) atoms. The summed E-state index contributed by atoms with van der Waals surface area (Å²) in [7, 11) is 0. The molecule has 0 fully saturated rings. The molecule has 0 aliphatic heterocycles. The molecule has 3 rings (SSSR count). The van der Waals surface area contributed by atoms with Crippen molar-refractivity contribution in [2.24, 2.45) is 0 Å². The maximum Gasteiger partial charge on any atom is 0.264 e. The van der Waals surface area contributed by atoms with E-state index in [1.807, 2.05) is 19.1 Å².